The topological polar surface area (TPSA) is 85.3 Å². The zero-order chi connectivity index (χ0) is 19.4. The molecule has 2 aliphatic heterocycles. The van der Waals surface area contributed by atoms with Gasteiger partial charge in [-0.2, -0.15) is 0 Å². The van der Waals surface area contributed by atoms with Crippen molar-refractivity contribution in [3.63, 3.8) is 0 Å². The fraction of sp³-hybridized carbons (Fsp3) is 0.400. The molecule has 0 saturated carbocycles. The highest BCUT2D eigenvalue weighted by Gasteiger charge is 2.36. The number of hydrogen-bond donors (Lipinski definition) is 1. The Kier molecular flexibility index (Phi) is 5.81. The molecular formula is C20H23NO6. The zero-order valence-corrected chi connectivity index (χ0v) is 15.4. The summed E-state index contributed by atoms with van der Waals surface area (Å²) in [6.45, 7) is 1.24. The van der Waals surface area contributed by atoms with Gasteiger partial charge in [0.1, 0.15) is 5.75 Å². The predicted octanol–water partition coefficient (Wildman–Crippen LogP) is 2.08. The van der Waals surface area contributed by atoms with Crippen LogP contribution in [0.2, 0.25) is 0 Å². The molecule has 1 aromatic rings. The van der Waals surface area contributed by atoms with Crippen molar-refractivity contribution in [1.29, 1.82) is 0 Å². The van der Waals surface area contributed by atoms with Crippen LogP contribution in [0.25, 0.3) is 0 Å². The molecule has 0 amide bonds. The van der Waals surface area contributed by atoms with E-state index in [-0.39, 0.29) is 11.9 Å². The number of methoxy groups -OCH3 is 2. The molecule has 0 aromatic heterocycles. The van der Waals surface area contributed by atoms with Gasteiger partial charge in [-0.15, -0.1) is 0 Å². The Morgan fingerprint density at radius 3 is 2.37 bits per heavy atom. The largest absolute Gasteiger partial charge is 0.508 e. The second-order valence-electron chi connectivity index (χ2n) is 6.51. The van der Waals surface area contributed by atoms with Gasteiger partial charge in [0, 0.05) is 25.6 Å². The summed E-state index contributed by atoms with van der Waals surface area (Å²) in [5.74, 6) is -1.74. The molecule has 2 aliphatic rings. The van der Waals surface area contributed by atoms with Gasteiger partial charge in [0.05, 0.1) is 37.4 Å². The van der Waals surface area contributed by atoms with Crippen molar-refractivity contribution in [2.75, 3.05) is 27.4 Å². The molecule has 27 heavy (non-hydrogen) atoms. The molecule has 1 fully saturated rings. The number of esters is 2. The molecule has 3 rings (SSSR count). The number of aromatic hydroxyl groups is 1. The summed E-state index contributed by atoms with van der Waals surface area (Å²) < 4.78 is 15.6. The highest BCUT2D eigenvalue weighted by molar-refractivity contribution is 5.98. The van der Waals surface area contributed by atoms with Crippen molar-refractivity contribution >= 4 is 11.9 Å². The van der Waals surface area contributed by atoms with Crippen LogP contribution >= 0.6 is 0 Å². The van der Waals surface area contributed by atoms with Crippen molar-refractivity contribution in [3.8, 4) is 5.75 Å². The summed E-state index contributed by atoms with van der Waals surface area (Å²) in [4.78, 5) is 26.7. The van der Waals surface area contributed by atoms with Crippen LogP contribution in [0.4, 0.5) is 0 Å². The van der Waals surface area contributed by atoms with E-state index in [4.69, 9.17) is 14.2 Å². The molecule has 2 heterocycles. The normalized spacial score (nSPS) is 20.1. The van der Waals surface area contributed by atoms with Crippen molar-refractivity contribution in [2.45, 2.75) is 24.9 Å². The molecule has 0 unspecified atom stereocenters. The first kappa shape index (κ1) is 19.0. The van der Waals surface area contributed by atoms with E-state index < -0.39 is 17.9 Å². The maximum atomic E-state index is 12.5. The number of carbonyl (C=O) groups is 2. The Bertz CT molecular complexity index is 744. The molecule has 1 atom stereocenters. The quantitative estimate of drug-likeness (QED) is 0.791. The number of carbonyl (C=O) groups excluding carboxylic acids is 2. The summed E-state index contributed by atoms with van der Waals surface area (Å²) in [6, 6.07) is 6.45. The van der Waals surface area contributed by atoms with Gasteiger partial charge in [-0.1, -0.05) is 12.1 Å². The van der Waals surface area contributed by atoms with Gasteiger partial charge in [0.15, 0.2) is 0 Å². The molecule has 1 saturated heterocycles. The fourth-order valence-corrected chi connectivity index (χ4v) is 3.48. The molecule has 7 heteroatoms. The van der Waals surface area contributed by atoms with Crippen LogP contribution in [0.3, 0.4) is 0 Å². The van der Waals surface area contributed by atoms with E-state index in [1.54, 1.807) is 29.4 Å². The summed E-state index contributed by atoms with van der Waals surface area (Å²) in [6.07, 6.45) is 5.30. The third-order valence-electron chi connectivity index (χ3n) is 4.72. The minimum absolute atomic E-state index is 0.0348. The number of hydrogen-bond acceptors (Lipinski definition) is 7. The van der Waals surface area contributed by atoms with Crippen LogP contribution in [0, 0.1) is 0 Å². The number of benzene rings is 1. The third-order valence-corrected chi connectivity index (χ3v) is 4.72. The highest BCUT2D eigenvalue weighted by atomic mass is 16.5. The minimum atomic E-state index is -0.697. The van der Waals surface area contributed by atoms with Crippen LogP contribution in [0.1, 0.15) is 24.3 Å². The van der Waals surface area contributed by atoms with Gasteiger partial charge in [0.2, 0.25) is 0 Å². The van der Waals surface area contributed by atoms with E-state index in [0.717, 1.165) is 12.8 Å². The number of phenols is 1. The monoisotopic (exact) mass is 373 g/mol. The maximum Gasteiger partial charge on any atom is 0.336 e. The Labute approximate surface area is 157 Å². The Balaban J connectivity index is 2.03. The van der Waals surface area contributed by atoms with Gasteiger partial charge in [0.25, 0.3) is 0 Å². The first-order valence-corrected chi connectivity index (χ1v) is 8.79. The van der Waals surface area contributed by atoms with E-state index in [0.29, 0.717) is 29.9 Å². The molecule has 0 radical (unpaired) electrons. The molecule has 144 valence electrons. The lowest BCUT2D eigenvalue weighted by Gasteiger charge is -2.31. The van der Waals surface area contributed by atoms with Gasteiger partial charge in [-0.05, 0) is 30.5 Å². The van der Waals surface area contributed by atoms with Crippen molar-refractivity contribution < 1.29 is 28.9 Å². The number of nitrogens with zero attached hydrogens (tertiary/aromatic N) is 1. The number of phenolic OH excluding ortho intramolecular Hbond substituents is 1. The van der Waals surface area contributed by atoms with Gasteiger partial charge in [-0.25, -0.2) is 9.59 Å². The summed E-state index contributed by atoms with van der Waals surface area (Å²) in [5, 5.41) is 9.85. The molecular weight excluding hydrogens is 350 g/mol. The van der Waals surface area contributed by atoms with E-state index >= 15 is 0 Å². The van der Waals surface area contributed by atoms with Crippen LogP contribution in [0.5, 0.6) is 5.75 Å². The van der Waals surface area contributed by atoms with Gasteiger partial charge in [-0.3, -0.25) is 0 Å². The first-order chi connectivity index (χ1) is 13.0. The Morgan fingerprint density at radius 2 is 1.85 bits per heavy atom. The lowest BCUT2D eigenvalue weighted by atomic mass is 9.83. The predicted molar refractivity (Wildman–Crippen MR) is 96.7 cm³/mol. The van der Waals surface area contributed by atoms with Crippen LogP contribution < -0.4 is 0 Å². The molecule has 1 aromatic carbocycles. The van der Waals surface area contributed by atoms with E-state index in [1.807, 2.05) is 0 Å². The van der Waals surface area contributed by atoms with Crippen LogP contribution in [0.15, 0.2) is 47.8 Å². The molecule has 0 spiro atoms. The van der Waals surface area contributed by atoms with Crippen molar-refractivity contribution in [1.82, 2.24) is 4.90 Å². The summed E-state index contributed by atoms with van der Waals surface area (Å²) in [5.41, 5.74) is 1.19. The van der Waals surface area contributed by atoms with Gasteiger partial charge < -0.3 is 24.2 Å². The van der Waals surface area contributed by atoms with Crippen LogP contribution in [-0.2, 0) is 23.8 Å². The lowest BCUT2D eigenvalue weighted by molar-refractivity contribution is -0.137. The maximum absolute atomic E-state index is 12.5. The highest BCUT2D eigenvalue weighted by Crippen LogP contribution is 2.38. The zero-order valence-electron chi connectivity index (χ0n) is 15.4. The van der Waals surface area contributed by atoms with Crippen molar-refractivity contribution in [2.24, 2.45) is 0 Å². The molecule has 1 N–H and O–H groups in total. The second-order valence-corrected chi connectivity index (χ2v) is 6.51. The first-order valence-electron chi connectivity index (χ1n) is 8.79. The molecule has 7 nitrogen and oxygen atoms in total. The smallest absolute Gasteiger partial charge is 0.336 e. The Morgan fingerprint density at radius 1 is 1.19 bits per heavy atom. The van der Waals surface area contributed by atoms with E-state index in [2.05, 4.69) is 0 Å². The van der Waals surface area contributed by atoms with E-state index in [9.17, 15) is 14.7 Å². The molecule has 0 aliphatic carbocycles. The standard InChI is InChI=1S/C20H23NO6/c1-25-19(23)16-11-21(10-15-7-4-8-27-15)12-17(20(24)26-2)18(16)13-5-3-6-14(22)9-13/h3,5-6,9,11-12,15,18,22H,4,7-8,10H2,1-2H3/t15-/m0/s1. The average Bonchev–Trinajstić information content (AvgIpc) is 3.19. The fourth-order valence-electron chi connectivity index (χ4n) is 3.48. The summed E-state index contributed by atoms with van der Waals surface area (Å²) in [7, 11) is 2.59. The minimum Gasteiger partial charge on any atom is -0.508 e. The number of rotatable bonds is 5. The number of ether oxygens (including phenoxy) is 3. The van der Waals surface area contributed by atoms with Crippen LogP contribution in [-0.4, -0.2) is 55.4 Å². The lowest BCUT2D eigenvalue weighted by Crippen LogP contribution is -2.32. The molecule has 0 bridgehead atoms. The average molecular weight is 373 g/mol. The second kappa shape index (κ2) is 8.26. The van der Waals surface area contributed by atoms with Crippen molar-refractivity contribution in [3.05, 3.63) is 53.4 Å². The third kappa shape index (κ3) is 4.14. The van der Waals surface area contributed by atoms with E-state index in [1.165, 1.54) is 26.4 Å². The summed E-state index contributed by atoms with van der Waals surface area (Å²) >= 11 is 0. The Hall–Kier alpha value is -2.80. The SMILES string of the molecule is COC(=O)C1=CN(C[C@@H]2CCCO2)C=C(C(=O)OC)C1c1cccc(O)c1. The van der Waals surface area contributed by atoms with Gasteiger partial charge >= 0.3 is 11.9 Å².